The van der Waals surface area contributed by atoms with Gasteiger partial charge >= 0.3 is 0 Å². The first kappa shape index (κ1) is 9.70. The summed E-state index contributed by atoms with van der Waals surface area (Å²) in [5.41, 5.74) is 3.36. The number of hydrogen-bond donors (Lipinski definition) is 1. The molecular formula is C11H10ClN. The van der Waals surface area contributed by atoms with Crippen LogP contribution in [-0.2, 0) is 0 Å². The molecule has 0 radical (unpaired) electrons. The predicted octanol–water partition coefficient (Wildman–Crippen LogP) is 2.83. The molecule has 0 aromatic heterocycles. The van der Waals surface area contributed by atoms with Crippen molar-refractivity contribution in [3.63, 3.8) is 0 Å². The second-order valence-corrected chi connectivity index (χ2v) is 2.72. The Morgan fingerprint density at radius 1 is 1.54 bits per heavy atom. The average molecular weight is 192 g/mol. The van der Waals surface area contributed by atoms with Crippen LogP contribution >= 0.6 is 11.6 Å². The van der Waals surface area contributed by atoms with E-state index >= 15 is 0 Å². The Hall–Kier alpha value is -1.39. The van der Waals surface area contributed by atoms with Gasteiger partial charge in [-0.2, -0.15) is 0 Å². The third-order valence-corrected chi connectivity index (χ3v) is 1.72. The third kappa shape index (κ3) is 3.23. The highest BCUT2D eigenvalue weighted by atomic mass is 35.5. The van der Waals surface area contributed by atoms with E-state index in [0.29, 0.717) is 6.54 Å². The van der Waals surface area contributed by atoms with E-state index < -0.39 is 0 Å². The summed E-state index contributed by atoms with van der Waals surface area (Å²) < 4.78 is 0. The normalized spacial score (nSPS) is 9.85. The Morgan fingerprint density at radius 3 is 3.08 bits per heavy atom. The monoisotopic (exact) mass is 191 g/mol. The van der Waals surface area contributed by atoms with Crippen molar-refractivity contribution in [3.05, 3.63) is 41.4 Å². The second-order valence-electron chi connectivity index (χ2n) is 2.47. The van der Waals surface area contributed by atoms with E-state index in [0.717, 1.165) is 11.3 Å². The molecule has 0 spiro atoms. The van der Waals surface area contributed by atoms with Gasteiger partial charge in [-0.25, -0.2) is 0 Å². The zero-order valence-electron chi connectivity index (χ0n) is 7.13. The van der Waals surface area contributed by atoms with E-state index in [-0.39, 0.29) is 0 Å². The lowest BCUT2D eigenvalue weighted by atomic mass is 10.2. The number of rotatable bonds is 3. The first-order valence-electron chi connectivity index (χ1n) is 3.92. The molecule has 0 saturated carbocycles. The molecule has 1 aromatic carbocycles. The van der Waals surface area contributed by atoms with Crippen LogP contribution in [0.5, 0.6) is 0 Å². The number of anilines is 1. The van der Waals surface area contributed by atoms with Crippen LogP contribution in [0, 0.1) is 12.3 Å². The first-order chi connectivity index (χ1) is 6.36. The van der Waals surface area contributed by atoms with Gasteiger partial charge in [0.2, 0.25) is 0 Å². The standard InChI is InChI=1S/C11H10ClN/c1-2-10-5-3-6-11(9-10)13-8-4-7-12/h1,3-7,9,13H,8H2/b7-4+. The van der Waals surface area contributed by atoms with Gasteiger partial charge in [0.1, 0.15) is 0 Å². The Labute approximate surface area is 83.4 Å². The topological polar surface area (TPSA) is 12.0 Å². The van der Waals surface area contributed by atoms with Crippen molar-refractivity contribution in [3.8, 4) is 12.3 Å². The zero-order chi connectivity index (χ0) is 9.52. The maximum Gasteiger partial charge on any atom is 0.0355 e. The molecule has 0 heterocycles. The molecule has 1 rings (SSSR count). The minimum absolute atomic E-state index is 0.706. The fourth-order valence-corrected chi connectivity index (χ4v) is 1.03. The lowest BCUT2D eigenvalue weighted by molar-refractivity contribution is 1.34. The van der Waals surface area contributed by atoms with E-state index in [2.05, 4.69) is 11.2 Å². The smallest absolute Gasteiger partial charge is 0.0355 e. The van der Waals surface area contributed by atoms with Crippen molar-refractivity contribution < 1.29 is 0 Å². The quantitative estimate of drug-likeness (QED) is 0.725. The molecule has 0 unspecified atom stereocenters. The van der Waals surface area contributed by atoms with Gasteiger partial charge < -0.3 is 5.32 Å². The molecule has 1 aromatic rings. The number of hydrogen-bond acceptors (Lipinski definition) is 1. The fourth-order valence-electron chi connectivity index (χ4n) is 0.940. The summed E-state index contributed by atoms with van der Waals surface area (Å²) >= 11 is 5.37. The van der Waals surface area contributed by atoms with Crippen molar-refractivity contribution in [2.45, 2.75) is 0 Å². The van der Waals surface area contributed by atoms with Crippen LogP contribution in [0.25, 0.3) is 0 Å². The molecule has 0 bridgehead atoms. The van der Waals surface area contributed by atoms with E-state index in [4.69, 9.17) is 18.0 Å². The van der Waals surface area contributed by atoms with Crippen LogP contribution in [0.15, 0.2) is 35.9 Å². The Bertz CT molecular complexity index is 336. The lowest BCUT2D eigenvalue weighted by Crippen LogP contribution is -1.97. The van der Waals surface area contributed by atoms with E-state index in [9.17, 15) is 0 Å². The van der Waals surface area contributed by atoms with Crippen LogP contribution in [0.2, 0.25) is 0 Å². The fraction of sp³-hybridized carbons (Fsp3) is 0.0909. The average Bonchev–Trinajstić information content (AvgIpc) is 2.19. The summed E-state index contributed by atoms with van der Waals surface area (Å²) in [4.78, 5) is 0. The highest BCUT2D eigenvalue weighted by Gasteiger charge is 1.90. The number of nitrogens with one attached hydrogen (secondary N) is 1. The Balaban J connectivity index is 2.62. The summed E-state index contributed by atoms with van der Waals surface area (Å²) in [7, 11) is 0. The molecule has 66 valence electrons. The molecule has 2 heteroatoms. The highest BCUT2D eigenvalue weighted by molar-refractivity contribution is 6.25. The van der Waals surface area contributed by atoms with Crippen LogP contribution in [0.3, 0.4) is 0 Å². The van der Waals surface area contributed by atoms with Gasteiger partial charge in [0.05, 0.1) is 0 Å². The van der Waals surface area contributed by atoms with E-state index in [1.54, 1.807) is 0 Å². The number of halogens is 1. The van der Waals surface area contributed by atoms with Crippen LogP contribution in [-0.4, -0.2) is 6.54 Å². The van der Waals surface area contributed by atoms with E-state index in [1.165, 1.54) is 5.54 Å². The summed E-state index contributed by atoms with van der Waals surface area (Å²) in [5, 5.41) is 3.15. The minimum Gasteiger partial charge on any atom is -0.381 e. The molecule has 0 amide bonds. The largest absolute Gasteiger partial charge is 0.381 e. The van der Waals surface area contributed by atoms with Gasteiger partial charge in [-0.1, -0.05) is 29.7 Å². The van der Waals surface area contributed by atoms with Gasteiger partial charge in [-0.3, -0.25) is 0 Å². The van der Waals surface area contributed by atoms with Gasteiger partial charge in [-0.15, -0.1) is 6.42 Å². The van der Waals surface area contributed by atoms with Crippen molar-refractivity contribution in [1.29, 1.82) is 0 Å². The molecule has 0 aliphatic heterocycles. The molecule has 0 aliphatic rings. The van der Waals surface area contributed by atoms with Crippen molar-refractivity contribution in [1.82, 2.24) is 0 Å². The van der Waals surface area contributed by atoms with Crippen molar-refractivity contribution in [2.24, 2.45) is 0 Å². The SMILES string of the molecule is C#Cc1cccc(NC/C=C/Cl)c1. The summed E-state index contributed by atoms with van der Waals surface area (Å²) in [5.74, 6) is 2.57. The first-order valence-corrected chi connectivity index (χ1v) is 4.36. The summed E-state index contributed by atoms with van der Waals surface area (Å²) in [6, 6.07) is 7.69. The molecule has 0 fully saturated rings. The molecule has 1 N–H and O–H groups in total. The molecule has 13 heavy (non-hydrogen) atoms. The van der Waals surface area contributed by atoms with E-state index in [1.807, 2.05) is 30.3 Å². The molecular weight excluding hydrogens is 182 g/mol. The predicted molar refractivity (Wildman–Crippen MR) is 57.9 cm³/mol. The van der Waals surface area contributed by atoms with Crippen molar-refractivity contribution in [2.75, 3.05) is 11.9 Å². The maximum absolute atomic E-state index is 5.37. The number of terminal acetylenes is 1. The van der Waals surface area contributed by atoms with Gasteiger partial charge in [0, 0.05) is 23.3 Å². The zero-order valence-corrected chi connectivity index (χ0v) is 7.88. The van der Waals surface area contributed by atoms with Gasteiger partial charge in [-0.05, 0) is 18.2 Å². The van der Waals surface area contributed by atoms with Crippen molar-refractivity contribution >= 4 is 17.3 Å². The summed E-state index contributed by atoms with van der Waals surface area (Å²) in [6.45, 7) is 0.706. The third-order valence-electron chi connectivity index (χ3n) is 1.54. The van der Waals surface area contributed by atoms with Gasteiger partial charge in [0.15, 0.2) is 0 Å². The maximum atomic E-state index is 5.37. The second kappa shape index (κ2) is 5.29. The van der Waals surface area contributed by atoms with Crippen LogP contribution < -0.4 is 5.32 Å². The Morgan fingerprint density at radius 2 is 2.38 bits per heavy atom. The molecule has 1 nitrogen and oxygen atoms in total. The molecule has 0 aliphatic carbocycles. The summed E-state index contributed by atoms with van der Waals surface area (Å²) in [6.07, 6.45) is 7.08. The highest BCUT2D eigenvalue weighted by Crippen LogP contribution is 2.08. The molecule has 0 atom stereocenters. The minimum atomic E-state index is 0.706. The number of benzene rings is 1. The lowest BCUT2D eigenvalue weighted by Gasteiger charge is -2.02. The molecule has 0 saturated heterocycles. The van der Waals surface area contributed by atoms with Crippen LogP contribution in [0.1, 0.15) is 5.56 Å². The Kier molecular flexibility index (Phi) is 3.95. The van der Waals surface area contributed by atoms with Gasteiger partial charge in [0.25, 0.3) is 0 Å². The van der Waals surface area contributed by atoms with Crippen LogP contribution in [0.4, 0.5) is 5.69 Å².